The van der Waals surface area contributed by atoms with Gasteiger partial charge in [0.05, 0.1) is 12.2 Å². The molecule has 0 unspecified atom stereocenters. The zero-order valence-electron chi connectivity index (χ0n) is 10.3. The molecule has 1 N–H and O–H groups in total. The molecule has 6 heteroatoms. The Morgan fingerprint density at radius 1 is 1.37 bits per heavy atom. The van der Waals surface area contributed by atoms with E-state index in [2.05, 4.69) is 15.3 Å². The predicted molar refractivity (Wildman–Crippen MR) is 72.6 cm³/mol. The quantitative estimate of drug-likeness (QED) is 0.873. The fraction of sp³-hybridized carbons (Fsp3) is 0.154. The minimum atomic E-state index is -0.293. The summed E-state index contributed by atoms with van der Waals surface area (Å²) < 4.78 is 5.33. The van der Waals surface area contributed by atoms with Crippen molar-refractivity contribution in [1.82, 2.24) is 9.97 Å². The topological polar surface area (TPSA) is 64.1 Å². The molecule has 0 radical (unpaired) electrons. The number of anilines is 1. The van der Waals surface area contributed by atoms with Gasteiger partial charge in [0.2, 0.25) is 5.88 Å². The van der Waals surface area contributed by atoms with Crippen LogP contribution in [0.4, 0.5) is 5.69 Å². The van der Waals surface area contributed by atoms with E-state index in [1.54, 1.807) is 30.5 Å². The van der Waals surface area contributed by atoms with E-state index in [1.165, 1.54) is 6.20 Å². The Morgan fingerprint density at radius 3 is 2.89 bits per heavy atom. The molecule has 1 amide bonds. The normalized spacial score (nSPS) is 10.0. The number of carbonyl (C=O) groups is 1. The molecule has 0 saturated heterocycles. The highest BCUT2D eigenvalue weighted by Crippen LogP contribution is 2.21. The number of hydrogen-bond donors (Lipinski definition) is 1. The van der Waals surface area contributed by atoms with E-state index in [-0.39, 0.29) is 5.91 Å². The Balaban J connectivity index is 2.16. The summed E-state index contributed by atoms with van der Waals surface area (Å²) in [5.74, 6) is 0.0957. The number of halogens is 1. The number of pyridine rings is 2. The van der Waals surface area contributed by atoms with Gasteiger partial charge in [0.25, 0.3) is 5.91 Å². The van der Waals surface area contributed by atoms with Crippen LogP contribution in [0.1, 0.15) is 17.3 Å². The van der Waals surface area contributed by atoms with Crippen molar-refractivity contribution < 1.29 is 9.53 Å². The number of carbonyl (C=O) groups excluding carboxylic acids is 1. The highest BCUT2D eigenvalue weighted by atomic mass is 35.5. The number of nitrogens with zero attached hydrogens (tertiary/aromatic N) is 2. The van der Waals surface area contributed by atoms with Crippen LogP contribution in [-0.2, 0) is 0 Å². The third-order valence-corrected chi connectivity index (χ3v) is 2.51. The van der Waals surface area contributed by atoms with Gasteiger partial charge in [-0.1, -0.05) is 11.6 Å². The second-order valence-corrected chi connectivity index (χ2v) is 4.00. The summed E-state index contributed by atoms with van der Waals surface area (Å²) in [5, 5.41) is 3.06. The van der Waals surface area contributed by atoms with Gasteiger partial charge >= 0.3 is 0 Å². The summed E-state index contributed by atoms with van der Waals surface area (Å²) in [7, 11) is 0. The van der Waals surface area contributed by atoms with Crippen LogP contribution in [0.3, 0.4) is 0 Å². The molecule has 0 aliphatic carbocycles. The molecule has 2 heterocycles. The van der Waals surface area contributed by atoms with Crippen molar-refractivity contribution in [3.63, 3.8) is 0 Å². The zero-order valence-corrected chi connectivity index (χ0v) is 11.0. The third kappa shape index (κ3) is 3.42. The fourth-order valence-electron chi connectivity index (χ4n) is 1.44. The van der Waals surface area contributed by atoms with Crippen molar-refractivity contribution in [2.75, 3.05) is 11.9 Å². The van der Waals surface area contributed by atoms with E-state index in [1.807, 2.05) is 6.92 Å². The lowest BCUT2D eigenvalue weighted by atomic mass is 10.2. The van der Waals surface area contributed by atoms with Crippen LogP contribution in [0.25, 0.3) is 0 Å². The maximum Gasteiger partial charge on any atom is 0.257 e. The lowest BCUT2D eigenvalue weighted by Gasteiger charge is -2.09. The van der Waals surface area contributed by atoms with Gasteiger partial charge in [0.15, 0.2) is 0 Å². The molecular weight excluding hydrogens is 266 g/mol. The lowest BCUT2D eigenvalue weighted by molar-refractivity contribution is 0.102. The van der Waals surface area contributed by atoms with Gasteiger partial charge in [-0.3, -0.25) is 4.79 Å². The van der Waals surface area contributed by atoms with E-state index < -0.39 is 0 Å². The van der Waals surface area contributed by atoms with Crippen LogP contribution in [0.5, 0.6) is 5.88 Å². The molecule has 0 fully saturated rings. The molecule has 2 aromatic rings. The summed E-state index contributed by atoms with van der Waals surface area (Å²) in [6, 6.07) is 6.60. The summed E-state index contributed by atoms with van der Waals surface area (Å²) in [6.45, 7) is 2.33. The van der Waals surface area contributed by atoms with Crippen LogP contribution < -0.4 is 10.1 Å². The molecule has 0 spiro atoms. The first-order chi connectivity index (χ1) is 9.20. The maximum atomic E-state index is 12.0. The Labute approximate surface area is 115 Å². The molecule has 0 bridgehead atoms. The van der Waals surface area contributed by atoms with Gasteiger partial charge in [-0.15, -0.1) is 0 Å². The minimum absolute atomic E-state index is 0.293. The van der Waals surface area contributed by atoms with Crippen molar-refractivity contribution in [3.05, 3.63) is 47.4 Å². The fourth-order valence-corrected chi connectivity index (χ4v) is 1.55. The molecule has 0 atom stereocenters. The van der Waals surface area contributed by atoms with Crippen molar-refractivity contribution in [2.24, 2.45) is 0 Å². The van der Waals surface area contributed by atoms with Crippen LogP contribution in [0, 0.1) is 0 Å². The number of aromatic nitrogens is 2. The molecule has 0 aliphatic heterocycles. The molecule has 2 aromatic heterocycles. The molecule has 0 aliphatic rings. The summed E-state index contributed by atoms with van der Waals surface area (Å²) >= 11 is 5.67. The van der Waals surface area contributed by atoms with Gasteiger partial charge in [-0.25, -0.2) is 9.97 Å². The molecule has 0 saturated carbocycles. The minimum Gasteiger partial charge on any atom is -0.476 e. The lowest BCUT2D eigenvalue weighted by Crippen LogP contribution is -2.13. The number of nitrogens with one attached hydrogen (secondary N) is 1. The Hall–Kier alpha value is -2.14. The first kappa shape index (κ1) is 13.3. The van der Waals surface area contributed by atoms with E-state index >= 15 is 0 Å². The largest absolute Gasteiger partial charge is 0.476 e. The number of rotatable bonds is 4. The van der Waals surface area contributed by atoms with Crippen LogP contribution in [0.2, 0.25) is 5.15 Å². The van der Waals surface area contributed by atoms with Crippen LogP contribution >= 0.6 is 11.6 Å². The number of ether oxygens (including phenoxy) is 1. The summed E-state index contributed by atoms with van der Waals surface area (Å²) in [4.78, 5) is 19.9. The van der Waals surface area contributed by atoms with E-state index in [0.29, 0.717) is 28.9 Å². The molecule has 2 rings (SSSR count). The molecule has 98 valence electrons. The van der Waals surface area contributed by atoms with Crippen molar-refractivity contribution in [1.29, 1.82) is 0 Å². The zero-order chi connectivity index (χ0) is 13.7. The standard InChI is InChI=1S/C13H12ClN3O2/c1-2-19-13-10(4-3-7-15-13)17-12(18)9-5-6-11(14)16-8-9/h3-8H,2H2,1H3,(H,17,18). The van der Waals surface area contributed by atoms with Gasteiger partial charge < -0.3 is 10.1 Å². The third-order valence-electron chi connectivity index (χ3n) is 2.29. The van der Waals surface area contributed by atoms with E-state index in [4.69, 9.17) is 16.3 Å². The van der Waals surface area contributed by atoms with E-state index in [0.717, 1.165) is 0 Å². The predicted octanol–water partition coefficient (Wildman–Crippen LogP) is 2.78. The molecular formula is C13H12ClN3O2. The Morgan fingerprint density at radius 2 is 2.21 bits per heavy atom. The molecule has 0 aromatic carbocycles. The van der Waals surface area contributed by atoms with Gasteiger partial charge in [0, 0.05) is 12.4 Å². The average molecular weight is 278 g/mol. The average Bonchev–Trinajstić information content (AvgIpc) is 2.42. The van der Waals surface area contributed by atoms with Crippen LogP contribution in [0.15, 0.2) is 36.7 Å². The SMILES string of the molecule is CCOc1ncccc1NC(=O)c1ccc(Cl)nc1. The summed E-state index contributed by atoms with van der Waals surface area (Å²) in [5.41, 5.74) is 0.931. The van der Waals surface area contributed by atoms with Gasteiger partial charge in [-0.05, 0) is 31.2 Å². The summed E-state index contributed by atoms with van der Waals surface area (Å²) in [6.07, 6.45) is 3.01. The van der Waals surface area contributed by atoms with E-state index in [9.17, 15) is 4.79 Å². The smallest absolute Gasteiger partial charge is 0.257 e. The van der Waals surface area contributed by atoms with Crippen LogP contribution in [-0.4, -0.2) is 22.5 Å². The second kappa shape index (κ2) is 6.15. The van der Waals surface area contributed by atoms with Crippen molar-refractivity contribution >= 4 is 23.2 Å². The number of amides is 1. The number of hydrogen-bond acceptors (Lipinski definition) is 4. The highest BCUT2D eigenvalue weighted by molar-refractivity contribution is 6.29. The first-order valence-corrected chi connectivity index (χ1v) is 6.09. The van der Waals surface area contributed by atoms with Gasteiger partial charge in [0.1, 0.15) is 10.8 Å². The van der Waals surface area contributed by atoms with Crippen molar-refractivity contribution in [2.45, 2.75) is 6.92 Å². The maximum absolute atomic E-state index is 12.0. The first-order valence-electron chi connectivity index (χ1n) is 5.71. The van der Waals surface area contributed by atoms with Gasteiger partial charge in [-0.2, -0.15) is 0 Å². The molecule has 19 heavy (non-hydrogen) atoms. The second-order valence-electron chi connectivity index (χ2n) is 3.61. The monoisotopic (exact) mass is 277 g/mol. The van der Waals surface area contributed by atoms with Crippen molar-refractivity contribution in [3.8, 4) is 5.88 Å². The Bertz CT molecular complexity index is 572. The highest BCUT2D eigenvalue weighted by Gasteiger charge is 2.10. The Kier molecular flexibility index (Phi) is 4.30. The molecule has 5 nitrogen and oxygen atoms in total.